The van der Waals surface area contributed by atoms with Crippen molar-refractivity contribution in [1.82, 2.24) is 30.0 Å². The summed E-state index contributed by atoms with van der Waals surface area (Å²) in [6, 6.07) is 7.76. The summed E-state index contributed by atoms with van der Waals surface area (Å²) in [6.07, 6.45) is 7.72. The zero-order valence-electron chi connectivity index (χ0n) is 23.2. The van der Waals surface area contributed by atoms with Gasteiger partial charge in [-0.25, -0.2) is 9.78 Å². The van der Waals surface area contributed by atoms with Crippen LogP contribution in [-0.4, -0.2) is 76.7 Å². The average molecular weight is 547 g/mol. The van der Waals surface area contributed by atoms with E-state index in [0.29, 0.717) is 35.9 Å². The van der Waals surface area contributed by atoms with Crippen LogP contribution in [0.2, 0.25) is 0 Å². The van der Waals surface area contributed by atoms with Gasteiger partial charge in [0.2, 0.25) is 5.95 Å². The van der Waals surface area contributed by atoms with Crippen molar-refractivity contribution in [3.63, 3.8) is 0 Å². The van der Waals surface area contributed by atoms with Crippen molar-refractivity contribution in [3.05, 3.63) is 35.5 Å². The van der Waals surface area contributed by atoms with Crippen LogP contribution < -0.4 is 20.7 Å². The summed E-state index contributed by atoms with van der Waals surface area (Å²) in [6.45, 7) is 4.48. The summed E-state index contributed by atoms with van der Waals surface area (Å²) in [7, 11) is 3.04. The zero-order valence-corrected chi connectivity index (χ0v) is 23.2. The lowest BCUT2D eigenvalue weighted by Crippen LogP contribution is -2.42. The maximum absolute atomic E-state index is 11.9. The van der Waals surface area contributed by atoms with Gasteiger partial charge >= 0.3 is 6.09 Å². The number of hydrogen-bond acceptors (Lipinski definition) is 9. The Kier molecular flexibility index (Phi) is 6.71. The third kappa shape index (κ3) is 5.08. The van der Waals surface area contributed by atoms with Gasteiger partial charge in [-0.05, 0) is 61.5 Å². The van der Waals surface area contributed by atoms with E-state index in [4.69, 9.17) is 9.47 Å². The third-order valence-electron chi connectivity index (χ3n) is 9.23. The smallest absolute Gasteiger partial charge is 0.413 e. The summed E-state index contributed by atoms with van der Waals surface area (Å²) >= 11 is 0. The SMILES string of the molecule is COC(=O)Nc1nc(NCC2CC(C3CC3)C2)c2c(cnn2Cc2ccc(CN3CC4CC3CN4)cc2OC)n1. The Morgan fingerprint density at radius 3 is 2.73 bits per heavy atom. The van der Waals surface area contributed by atoms with Gasteiger partial charge in [0.15, 0.2) is 5.82 Å². The number of nitrogens with one attached hydrogen (secondary N) is 3. The molecule has 2 saturated heterocycles. The molecule has 2 aliphatic heterocycles. The minimum Gasteiger partial charge on any atom is -0.496 e. The summed E-state index contributed by atoms with van der Waals surface area (Å²) in [5.74, 6) is 4.20. The minimum atomic E-state index is -0.605. The van der Waals surface area contributed by atoms with Gasteiger partial charge < -0.3 is 20.1 Å². The van der Waals surface area contributed by atoms with Crippen molar-refractivity contribution in [2.45, 2.75) is 57.3 Å². The molecule has 4 fully saturated rings. The first kappa shape index (κ1) is 25.5. The van der Waals surface area contributed by atoms with Crippen molar-refractivity contribution in [2.24, 2.45) is 17.8 Å². The largest absolute Gasteiger partial charge is 0.496 e. The van der Waals surface area contributed by atoms with E-state index >= 15 is 0 Å². The lowest BCUT2D eigenvalue weighted by Gasteiger charge is -2.35. The predicted molar refractivity (Wildman–Crippen MR) is 151 cm³/mol. The van der Waals surface area contributed by atoms with E-state index in [1.54, 1.807) is 13.3 Å². The number of carbonyl (C=O) groups excluding carboxylic acids is 1. The Morgan fingerprint density at radius 2 is 2.00 bits per heavy atom. The van der Waals surface area contributed by atoms with Crippen LogP contribution in [0.25, 0.3) is 11.0 Å². The lowest BCUT2D eigenvalue weighted by atomic mass is 9.72. The maximum atomic E-state index is 11.9. The molecule has 1 amide bonds. The van der Waals surface area contributed by atoms with Crippen molar-refractivity contribution < 1.29 is 14.3 Å². The van der Waals surface area contributed by atoms with Crippen molar-refractivity contribution in [2.75, 3.05) is 44.5 Å². The number of anilines is 2. The number of amides is 1. The van der Waals surface area contributed by atoms with E-state index in [1.807, 2.05) is 4.68 Å². The molecule has 1 aromatic carbocycles. The monoisotopic (exact) mass is 546 g/mol. The van der Waals surface area contributed by atoms with Gasteiger partial charge in [0.1, 0.15) is 16.8 Å². The minimum absolute atomic E-state index is 0.193. The van der Waals surface area contributed by atoms with Crippen LogP contribution in [0, 0.1) is 17.8 Å². The first-order chi connectivity index (χ1) is 19.6. The predicted octanol–water partition coefficient (Wildman–Crippen LogP) is 3.46. The van der Waals surface area contributed by atoms with Crippen LogP contribution in [0.15, 0.2) is 24.4 Å². The van der Waals surface area contributed by atoms with Crippen molar-refractivity contribution in [3.8, 4) is 5.75 Å². The number of benzene rings is 1. The van der Waals surface area contributed by atoms with Gasteiger partial charge in [-0.3, -0.25) is 14.9 Å². The molecule has 0 spiro atoms. The number of carbonyl (C=O) groups is 1. The maximum Gasteiger partial charge on any atom is 0.413 e. The molecular formula is C29H38N8O3. The zero-order chi connectivity index (χ0) is 27.2. The normalized spacial score (nSPS) is 25.6. The Bertz CT molecular complexity index is 1400. The number of rotatable bonds is 10. The number of nitrogens with zero attached hydrogens (tertiary/aromatic N) is 5. The highest BCUT2D eigenvalue weighted by atomic mass is 16.5. The highest BCUT2D eigenvalue weighted by molar-refractivity contribution is 5.89. The molecule has 2 aromatic heterocycles. The topological polar surface area (TPSA) is 118 Å². The summed E-state index contributed by atoms with van der Waals surface area (Å²) in [4.78, 5) is 23.6. The number of methoxy groups -OCH3 is 2. The highest BCUT2D eigenvalue weighted by Crippen LogP contribution is 2.49. The molecule has 3 aromatic rings. The van der Waals surface area contributed by atoms with E-state index in [0.717, 1.165) is 54.8 Å². The van der Waals surface area contributed by atoms with Gasteiger partial charge in [0, 0.05) is 43.8 Å². The molecule has 11 nitrogen and oxygen atoms in total. The standard InChI is InChI=1S/C29H38N8O3/c1-39-25-9-17(14-36-16-22-10-23(36)12-30-22)3-4-20(25)15-37-26-24(13-32-37)33-28(35-29(38)40-2)34-27(26)31-11-18-7-21(8-18)19-5-6-19/h3-4,9,13,18-19,21-23,30H,5-8,10-12,14-16H2,1-2H3,(H2,31,33,34,35,38). The number of hydrogen-bond donors (Lipinski definition) is 3. The summed E-state index contributed by atoms with van der Waals surface area (Å²) in [5, 5.41) is 14.4. The highest BCUT2D eigenvalue weighted by Gasteiger charge is 2.40. The first-order valence-electron chi connectivity index (χ1n) is 14.5. The molecule has 2 bridgehead atoms. The molecule has 40 heavy (non-hydrogen) atoms. The molecule has 2 saturated carbocycles. The van der Waals surface area contributed by atoms with Crippen LogP contribution in [0.4, 0.5) is 16.6 Å². The van der Waals surface area contributed by atoms with Gasteiger partial charge in [0.25, 0.3) is 0 Å². The fourth-order valence-electron chi connectivity index (χ4n) is 6.84. The number of aromatic nitrogens is 4. The van der Waals surface area contributed by atoms with Crippen molar-refractivity contribution >= 4 is 28.9 Å². The van der Waals surface area contributed by atoms with Crippen LogP contribution in [0.5, 0.6) is 5.75 Å². The van der Waals surface area contributed by atoms with E-state index in [1.165, 1.54) is 44.8 Å². The molecule has 11 heteroatoms. The fourth-order valence-corrected chi connectivity index (χ4v) is 6.84. The Hall–Kier alpha value is -3.44. The third-order valence-corrected chi connectivity index (χ3v) is 9.23. The van der Waals surface area contributed by atoms with Gasteiger partial charge in [-0.1, -0.05) is 12.1 Å². The van der Waals surface area contributed by atoms with Gasteiger partial charge in [0.05, 0.1) is 27.0 Å². The molecule has 7 rings (SSSR count). The Morgan fingerprint density at radius 1 is 1.12 bits per heavy atom. The number of fused-ring (bicyclic) bond motifs is 3. The summed E-state index contributed by atoms with van der Waals surface area (Å²) in [5.41, 5.74) is 3.75. The quantitative estimate of drug-likeness (QED) is 0.351. The molecule has 2 unspecified atom stereocenters. The molecule has 212 valence electrons. The Balaban J connectivity index is 1.11. The number of likely N-dealkylation sites (tertiary alicyclic amines) is 1. The first-order valence-corrected chi connectivity index (χ1v) is 14.5. The molecule has 0 radical (unpaired) electrons. The number of ether oxygens (including phenoxy) is 2. The number of piperazine rings is 1. The van der Waals surface area contributed by atoms with Gasteiger partial charge in [-0.2, -0.15) is 10.1 Å². The molecule has 2 atom stereocenters. The van der Waals surface area contributed by atoms with E-state index in [2.05, 4.69) is 54.1 Å². The van der Waals surface area contributed by atoms with Crippen LogP contribution in [-0.2, 0) is 17.8 Å². The van der Waals surface area contributed by atoms with Crippen LogP contribution in [0.1, 0.15) is 43.2 Å². The van der Waals surface area contributed by atoms with Crippen LogP contribution >= 0.6 is 0 Å². The molecule has 2 aliphatic carbocycles. The Labute approximate surface area is 234 Å². The van der Waals surface area contributed by atoms with Gasteiger partial charge in [-0.15, -0.1) is 0 Å². The lowest BCUT2D eigenvalue weighted by molar-refractivity contribution is 0.179. The molecular weight excluding hydrogens is 508 g/mol. The van der Waals surface area contributed by atoms with E-state index in [9.17, 15) is 4.79 Å². The van der Waals surface area contributed by atoms with E-state index < -0.39 is 6.09 Å². The van der Waals surface area contributed by atoms with E-state index in [-0.39, 0.29) is 5.95 Å². The molecule has 4 heterocycles. The van der Waals surface area contributed by atoms with Crippen LogP contribution in [0.3, 0.4) is 0 Å². The second-order valence-electron chi connectivity index (χ2n) is 11.9. The average Bonchev–Trinajstić information content (AvgIpc) is 3.33. The molecule has 3 N–H and O–H groups in total. The molecule has 4 aliphatic rings. The second kappa shape index (κ2) is 10.5. The second-order valence-corrected chi connectivity index (χ2v) is 11.9. The summed E-state index contributed by atoms with van der Waals surface area (Å²) < 4.78 is 12.5. The fraction of sp³-hybridized carbons (Fsp3) is 0.586. The van der Waals surface area contributed by atoms with Crippen molar-refractivity contribution in [1.29, 1.82) is 0 Å².